The monoisotopic (exact) mass is 438 g/mol. The molecule has 0 radical (unpaired) electrons. The van der Waals surface area contributed by atoms with Crippen LogP contribution >= 0.6 is 0 Å². The second-order valence-electron chi connectivity index (χ2n) is 8.41. The molecular weight excluding hydrogens is 408 g/mol. The van der Waals surface area contributed by atoms with Crippen molar-refractivity contribution in [1.82, 2.24) is 19.8 Å². The van der Waals surface area contributed by atoms with Gasteiger partial charge in [0.15, 0.2) is 0 Å². The SMILES string of the molecule is CCCCc1ncc(/C=C2/C(=O)NC(=O)N2CCC(C)C)n1Cc1ccc(C(=O)O)cc1. The van der Waals surface area contributed by atoms with Gasteiger partial charge >= 0.3 is 12.0 Å². The summed E-state index contributed by atoms with van der Waals surface area (Å²) in [4.78, 5) is 42.0. The quantitative estimate of drug-likeness (QED) is 0.432. The molecule has 32 heavy (non-hydrogen) atoms. The molecule has 2 aromatic rings. The Morgan fingerprint density at radius 1 is 1.22 bits per heavy atom. The number of carboxylic acid groups (broad SMARTS) is 1. The molecule has 1 aliphatic rings. The maximum Gasteiger partial charge on any atom is 0.335 e. The molecule has 8 heteroatoms. The van der Waals surface area contributed by atoms with Crippen molar-refractivity contribution in [2.24, 2.45) is 5.92 Å². The van der Waals surface area contributed by atoms with Crippen LogP contribution in [0.5, 0.6) is 0 Å². The summed E-state index contributed by atoms with van der Waals surface area (Å²) in [5, 5.41) is 11.5. The molecule has 1 fully saturated rings. The number of aromatic carboxylic acids is 1. The van der Waals surface area contributed by atoms with Crippen molar-refractivity contribution in [3.8, 4) is 0 Å². The highest BCUT2D eigenvalue weighted by atomic mass is 16.4. The molecule has 2 N–H and O–H groups in total. The van der Waals surface area contributed by atoms with Crippen LogP contribution in [0.25, 0.3) is 6.08 Å². The normalized spacial score (nSPS) is 15.1. The Hall–Kier alpha value is -3.42. The third-order valence-corrected chi connectivity index (χ3v) is 5.47. The predicted molar refractivity (Wildman–Crippen MR) is 121 cm³/mol. The molecule has 170 valence electrons. The summed E-state index contributed by atoms with van der Waals surface area (Å²) in [6.45, 7) is 7.21. The smallest absolute Gasteiger partial charge is 0.335 e. The average molecular weight is 439 g/mol. The Kier molecular flexibility index (Phi) is 7.45. The maximum atomic E-state index is 12.5. The molecule has 0 atom stereocenters. The first-order chi connectivity index (χ1) is 15.3. The van der Waals surface area contributed by atoms with Crippen molar-refractivity contribution in [2.75, 3.05) is 6.54 Å². The molecule has 3 amide bonds. The highest BCUT2D eigenvalue weighted by molar-refractivity contribution is 6.13. The number of hydrogen-bond donors (Lipinski definition) is 2. The summed E-state index contributed by atoms with van der Waals surface area (Å²) >= 11 is 0. The fourth-order valence-electron chi connectivity index (χ4n) is 3.55. The zero-order valence-electron chi connectivity index (χ0n) is 18.8. The predicted octanol–water partition coefficient (Wildman–Crippen LogP) is 3.91. The van der Waals surface area contributed by atoms with Crippen molar-refractivity contribution in [3.63, 3.8) is 0 Å². The second-order valence-corrected chi connectivity index (χ2v) is 8.41. The number of nitrogens with zero attached hydrogens (tertiary/aromatic N) is 3. The van der Waals surface area contributed by atoms with Crippen LogP contribution in [-0.2, 0) is 17.8 Å². The van der Waals surface area contributed by atoms with Crippen LogP contribution in [0.3, 0.4) is 0 Å². The van der Waals surface area contributed by atoms with E-state index in [0.29, 0.717) is 24.7 Å². The van der Waals surface area contributed by atoms with Crippen molar-refractivity contribution in [3.05, 3.63) is 58.8 Å². The lowest BCUT2D eigenvalue weighted by molar-refractivity contribution is -0.116. The first-order valence-electron chi connectivity index (χ1n) is 11.0. The molecule has 1 aromatic heterocycles. The Morgan fingerprint density at radius 2 is 1.94 bits per heavy atom. The van der Waals surface area contributed by atoms with Gasteiger partial charge in [-0.2, -0.15) is 0 Å². The number of unbranched alkanes of at least 4 members (excludes halogenated alkanes) is 1. The second kappa shape index (κ2) is 10.3. The van der Waals surface area contributed by atoms with E-state index in [0.717, 1.165) is 42.8 Å². The minimum atomic E-state index is -0.966. The van der Waals surface area contributed by atoms with E-state index in [1.165, 1.54) is 4.90 Å². The lowest BCUT2D eigenvalue weighted by Gasteiger charge is -2.17. The molecular formula is C24H30N4O4. The molecule has 0 bridgehead atoms. The van der Waals surface area contributed by atoms with Gasteiger partial charge in [0.05, 0.1) is 17.5 Å². The van der Waals surface area contributed by atoms with Crippen molar-refractivity contribution in [2.45, 2.75) is 53.0 Å². The van der Waals surface area contributed by atoms with Crippen LogP contribution in [-0.4, -0.2) is 44.0 Å². The summed E-state index contributed by atoms with van der Waals surface area (Å²) in [7, 11) is 0. The van der Waals surface area contributed by atoms with Gasteiger partial charge in [-0.15, -0.1) is 0 Å². The third-order valence-electron chi connectivity index (χ3n) is 5.47. The van der Waals surface area contributed by atoms with E-state index >= 15 is 0 Å². The summed E-state index contributed by atoms with van der Waals surface area (Å²) in [6.07, 6.45) is 7.01. The van der Waals surface area contributed by atoms with Gasteiger partial charge in [-0.05, 0) is 42.5 Å². The number of imide groups is 1. The zero-order chi connectivity index (χ0) is 23.3. The summed E-state index contributed by atoms with van der Waals surface area (Å²) in [5.41, 5.74) is 2.21. The van der Waals surface area contributed by atoms with Crippen LogP contribution < -0.4 is 5.32 Å². The van der Waals surface area contributed by atoms with Crippen molar-refractivity contribution < 1.29 is 19.5 Å². The number of carbonyl (C=O) groups excluding carboxylic acids is 2. The van der Waals surface area contributed by atoms with E-state index in [1.807, 2.05) is 4.57 Å². The Balaban J connectivity index is 1.94. The number of urea groups is 1. The van der Waals surface area contributed by atoms with E-state index in [4.69, 9.17) is 5.11 Å². The van der Waals surface area contributed by atoms with Gasteiger partial charge < -0.3 is 9.67 Å². The fraction of sp³-hybridized carbons (Fsp3) is 0.417. The first kappa shape index (κ1) is 23.2. The number of amides is 3. The van der Waals surface area contributed by atoms with E-state index in [-0.39, 0.29) is 5.56 Å². The summed E-state index contributed by atoms with van der Waals surface area (Å²) in [5.74, 6) is -0.0850. The van der Waals surface area contributed by atoms with E-state index < -0.39 is 17.9 Å². The minimum Gasteiger partial charge on any atom is -0.478 e. The molecule has 1 saturated heterocycles. The number of hydrogen-bond acceptors (Lipinski definition) is 4. The molecule has 0 saturated carbocycles. The van der Waals surface area contributed by atoms with Crippen LogP contribution in [0.1, 0.15) is 67.5 Å². The fourth-order valence-corrected chi connectivity index (χ4v) is 3.55. The maximum absolute atomic E-state index is 12.5. The Labute approximate surface area is 187 Å². The number of rotatable bonds is 10. The minimum absolute atomic E-state index is 0.231. The van der Waals surface area contributed by atoms with Gasteiger partial charge in [0.1, 0.15) is 11.5 Å². The number of aromatic nitrogens is 2. The Bertz CT molecular complexity index is 1020. The molecule has 0 aliphatic carbocycles. The average Bonchev–Trinajstić information content (AvgIpc) is 3.25. The third kappa shape index (κ3) is 5.43. The molecule has 2 heterocycles. The number of imidazole rings is 1. The number of carboxylic acids is 1. The lowest BCUT2D eigenvalue weighted by atomic mass is 10.1. The van der Waals surface area contributed by atoms with Gasteiger partial charge in [0, 0.05) is 19.5 Å². The lowest BCUT2D eigenvalue weighted by Crippen LogP contribution is -2.29. The van der Waals surface area contributed by atoms with Gasteiger partial charge in [-0.1, -0.05) is 39.3 Å². The van der Waals surface area contributed by atoms with Crippen LogP contribution in [0.4, 0.5) is 4.79 Å². The topological polar surface area (TPSA) is 105 Å². The van der Waals surface area contributed by atoms with E-state index in [9.17, 15) is 14.4 Å². The largest absolute Gasteiger partial charge is 0.478 e. The molecule has 1 aliphatic heterocycles. The number of aryl methyl sites for hydroxylation is 1. The summed E-state index contributed by atoms with van der Waals surface area (Å²) in [6, 6.07) is 6.32. The van der Waals surface area contributed by atoms with Gasteiger partial charge in [0.2, 0.25) is 0 Å². The molecule has 0 unspecified atom stereocenters. The van der Waals surface area contributed by atoms with Gasteiger partial charge in [-0.25, -0.2) is 14.6 Å². The highest BCUT2D eigenvalue weighted by Crippen LogP contribution is 2.21. The molecule has 1 aromatic carbocycles. The van der Waals surface area contributed by atoms with Crippen molar-refractivity contribution >= 4 is 24.0 Å². The van der Waals surface area contributed by atoms with Crippen LogP contribution in [0.2, 0.25) is 0 Å². The Morgan fingerprint density at radius 3 is 2.56 bits per heavy atom. The van der Waals surface area contributed by atoms with Crippen molar-refractivity contribution in [1.29, 1.82) is 0 Å². The number of nitrogens with one attached hydrogen (secondary N) is 1. The summed E-state index contributed by atoms with van der Waals surface area (Å²) < 4.78 is 2.02. The zero-order valence-corrected chi connectivity index (χ0v) is 18.8. The van der Waals surface area contributed by atoms with E-state index in [2.05, 4.69) is 31.1 Å². The van der Waals surface area contributed by atoms with Crippen LogP contribution in [0, 0.1) is 5.92 Å². The standard InChI is InChI=1S/C24H30N4O4/c1-4-5-6-21-25-14-19(28(21)15-17-7-9-18(10-8-17)23(30)31)13-20-22(29)26-24(32)27(20)12-11-16(2)3/h7-10,13-14,16H,4-6,11-12,15H2,1-3H3,(H,30,31)(H,26,29,32)/b20-13-. The van der Waals surface area contributed by atoms with E-state index in [1.54, 1.807) is 36.5 Å². The van der Waals surface area contributed by atoms with Crippen LogP contribution in [0.15, 0.2) is 36.2 Å². The molecule has 3 rings (SSSR count). The number of carbonyl (C=O) groups is 3. The highest BCUT2D eigenvalue weighted by Gasteiger charge is 2.33. The number of benzene rings is 1. The molecule has 8 nitrogen and oxygen atoms in total. The van der Waals surface area contributed by atoms with Gasteiger partial charge in [0.25, 0.3) is 5.91 Å². The molecule has 0 spiro atoms. The van der Waals surface area contributed by atoms with Gasteiger partial charge in [-0.3, -0.25) is 15.0 Å². The first-order valence-corrected chi connectivity index (χ1v) is 11.0.